The summed E-state index contributed by atoms with van der Waals surface area (Å²) >= 11 is 1.66. The van der Waals surface area contributed by atoms with E-state index in [9.17, 15) is 9.90 Å². The van der Waals surface area contributed by atoms with E-state index < -0.39 is 5.97 Å². The van der Waals surface area contributed by atoms with Crippen LogP contribution in [-0.4, -0.2) is 27.5 Å². The van der Waals surface area contributed by atoms with Crippen LogP contribution >= 0.6 is 11.8 Å². The van der Waals surface area contributed by atoms with Crippen LogP contribution < -0.4 is 0 Å². The quantitative estimate of drug-likeness (QED) is 0.880. The van der Waals surface area contributed by atoms with Crippen molar-refractivity contribution < 1.29 is 19.4 Å². The molecule has 1 heterocycles. The largest absolute Gasteiger partial charge is 0.475 e. The first-order valence-corrected chi connectivity index (χ1v) is 7.07. The van der Waals surface area contributed by atoms with E-state index in [1.807, 2.05) is 19.1 Å². The smallest absolute Gasteiger partial charge is 0.371 e. The van der Waals surface area contributed by atoms with Crippen molar-refractivity contribution in [3.63, 3.8) is 0 Å². The molecule has 0 aliphatic rings. The molecule has 2 aromatic rings. The topological polar surface area (TPSA) is 70.7 Å². The number of hydrogen-bond donors (Lipinski definition) is 2. The van der Waals surface area contributed by atoms with Crippen molar-refractivity contribution in [2.75, 3.05) is 0 Å². The predicted molar refractivity (Wildman–Crippen MR) is 75.6 cm³/mol. The summed E-state index contributed by atoms with van der Waals surface area (Å²) in [5, 5.41) is 19.3. The molecule has 2 rings (SSSR count). The molecule has 19 heavy (non-hydrogen) atoms. The Kier molecular flexibility index (Phi) is 4.17. The van der Waals surface area contributed by atoms with Crippen molar-refractivity contribution in [1.29, 1.82) is 0 Å². The molecular formula is C14H16O4S. The van der Waals surface area contributed by atoms with Crippen molar-refractivity contribution in [3.8, 4) is 0 Å². The predicted octanol–water partition coefficient (Wildman–Crippen LogP) is 3.13. The van der Waals surface area contributed by atoms with Gasteiger partial charge in [-0.05, 0) is 30.7 Å². The molecule has 0 aliphatic heterocycles. The molecule has 0 fully saturated rings. The first-order valence-electron chi connectivity index (χ1n) is 6.03. The van der Waals surface area contributed by atoms with Gasteiger partial charge in [-0.3, -0.25) is 0 Å². The van der Waals surface area contributed by atoms with E-state index in [1.54, 1.807) is 24.8 Å². The molecule has 1 aromatic carbocycles. The summed E-state index contributed by atoms with van der Waals surface area (Å²) in [5.74, 6) is -0.331. The van der Waals surface area contributed by atoms with Crippen LogP contribution in [0.25, 0.3) is 11.0 Å². The lowest BCUT2D eigenvalue weighted by Gasteiger charge is -2.13. The van der Waals surface area contributed by atoms with Gasteiger partial charge < -0.3 is 14.6 Å². The normalized spacial score (nSPS) is 14.5. The summed E-state index contributed by atoms with van der Waals surface area (Å²) < 4.78 is 5.20. The van der Waals surface area contributed by atoms with E-state index in [2.05, 4.69) is 0 Å². The van der Waals surface area contributed by atoms with Gasteiger partial charge >= 0.3 is 5.97 Å². The summed E-state index contributed by atoms with van der Waals surface area (Å²) in [5.41, 5.74) is 1.66. The molecule has 1 aromatic heterocycles. The van der Waals surface area contributed by atoms with E-state index in [-0.39, 0.29) is 17.1 Å². The van der Waals surface area contributed by atoms with Crippen LogP contribution in [0, 0.1) is 0 Å². The van der Waals surface area contributed by atoms with E-state index in [4.69, 9.17) is 9.52 Å². The van der Waals surface area contributed by atoms with Gasteiger partial charge in [0, 0.05) is 16.4 Å². The standard InChI is InChI=1S/C14H16O4S/c1-8(15)9(2)19-7-10-3-4-12-11(5-10)6-13(18-12)14(16)17/h3-6,8-9,15H,7H2,1-2H3,(H,16,17). The Morgan fingerprint density at radius 2 is 2.11 bits per heavy atom. The highest BCUT2D eigenvalue weighted by Crippen LogP contribution is 2.25. The van der Waals surface area contributed by atoms with Crippen molar-refractivity contribution >= 4 is 28.7 Å². The van der Waals surface area contributed by atoms with Gasteiger partial charge in [0.05, 0.1) is 6.10 Å². The minimum absolute atomic E-state index is 0.0443. The number of aliphatic hydroxyl groups excluding tert-OH is 1. The molecule has 2 N–H and O–H groups in total. The highest BCUT2D eigenvalue weighted by molar-refractivity contribution is 7.99. The van der Waals surface area contributed by atoms with Crippen LogP contribution in [0.15, 0.2) is 28.7 Å². The van der Waals surface area contributed by atoms with Gasteiger partial charge in [-0.1, -0.05) is 13.0 Å². The number of thioether (sulfide) groups is 1. The van der Waals surface area contributed by atoms with Crippen molar-refractivity contribution in [1.82, 2.24) is 0 Å². The molecule has 0 spiro atoms. The second-order valence-electron chi connectivity index (χ2n) is 4.54. The zero-order valence-corrected chi connectivity index (χ0v) is 11.6. The zero-order valence-electron chi connectivity index (χ0n) is 10.8. The Labute approximate surface area is 115 Å². The molecular weight excluding hydrogens is 264 g/mol. The highest BCUT2D eigenvalue weighted by atomic mass is 32.2. The van der Waals surface area contributed by atoms with E-state index in [0.29, 0.717) is 5.58 Å². The summed E-state index contributed by atoms with van der Waals surface area (Å²) in [4.78, 5) is 10.8. The highest BCUT2D eigenvalue weighted by Gasteiger charge is 2.12. The Morgan fingerprint density at radius 1 is 1.37 bits per heavy atom. The third kappa shape index (κ3) is 3.30. The number of benzene rings is 1. The monoisotopic (exact) mass is 280 g/mol. The van der Waals surface area contributed by atoms with Crippen molar-refractivity contribution in [2.24, 2.45) is 0 Å². The van der Waals surface area contributed by atoms with Gasteiger partial charge in [-0.25, -0.2) is 4.79 Å². The molecule has 4 nitrogen and oxygen atoms in total. The first kappa shape index (κ1) is 14.0. The number of fused-ring (bicyclic) bond motifs is 1. The Balaban J connectivity index is 2.15. The first-order chi connectivity index (χ1) is 8.97. The van der Waals surface area contributed by atoms with Crippen LogP contribution in [0.5, 0.6) is 0 Å². The van der Waals surface area contributed by atoms with E-state index in [0.717, 1.165) is 16.7 Å². The molecule has 2 atom stereocenters. The number of carboxylic acid groups (broad SMARTS) is 1. The molecule has 102 valence electrons. The lowest BCUT2D eigenvalue weighted by atomic mass is 10.2. The summed E-state index contributed by atoms with van der Waals surface area (Å²) in [6.45, 7) is 3.75. The van der Waals surface area contributed by atoms with E-state index in [1.165, 1.54) is 6.07 Å². The van der Waals surface area contributed by atoms with Gasteiger partial charge in [0.1, 0.15) is 5.58 Å². The van der Waals surface area contributed by atoms with Crippen LogP contribution in [0.2, 0.25) is 0 Å². The minimum Gasteiger partial charge on any atom is -0.475 e. The molecule has 0 amide bonds. The Bertz CT molecular complexity index is 588. The number of carbonyl (C=O) groups is 1. The van der Waals surface area contributed by atoms with Gasteiger partial charge in [0.25, 0.3) is 0 Å². The third-order valence-electron chi connectivity index (χ3n) is 2.98. The molecule has 0 saturated heterocycles. The fourth-order valence-electron chi connectivity index (χ4n) is 1.65. The SMILES string of the molecule is CC(O)C(C)SCc1ccc2oc(C(=O)O)cc2c1. The van der Waals surface area contributed by atoms with Gasteiger partial charge in [0.2, 0.25) is 5.76 Å². The van der Waals surface area contributed by atoms with Crippen molar-refractivity contribution in [3.05, 3.63) is 35.6 Å². The maximum absolute atomic E-state index is 10.8. The minimum atomic E-state index is -1.06. The Hall–Kier alpha value is -1.46. The molecule has 0 saturated carbocycles. The molecule has 2 unspecified atom stereocenters. The fourth-order valence-corrected chi connectivity index (χ4v) is 2.57. The lowest BCUT2D eigenvalue weighted by Crippen LogP contribution is -2.15. The fraction of sp³-hybridized carbons (Fsp3) is 0.357. The number of aliphatic hydroxyl groups is 1. The number of carboxylic acids is 1. The third-order valence-corrected chi connectivity index (χ3v) is 4.40. The van der Waals surface area contributed by atoms with Crippen LogP contribution in [-0.2, 0) is 5.75 Å². The van der Waals surface area contributed by atoms with Gasteiger partial charge in [0.15, 0.2) is 0 Å². The number of aromatic carboxylic acids is 1. The summed E-state index contributed by atoms with van der Waals surface area (Å²) in [6, 6.07) is 7.15. The van der Waals surface area contributed by atoms with Gasteiger partial charge in [-0.15, -0.1) is 0 Å². The van der Waals surface area contributed by atoms with Gasteiger partial charge in [-0.2, -0.15) is 11.8 Å². The Morgan fingerprint density at radius 3 is 2.74 bits per heavy atom. The average Bonchev–Trinajstić information content (AvgIpc) is 2.78. The molecule has 0 bridgehead atoms. The van der Waals surface area contributed by atoms with Crippen LogP contribution in [0.1, 0.15) is 30.0 Å². The molecule has 5 heteroatoms. The zero-order chi connectivity index (χ0) is 14.0. The molecule has 0 aliphatic carbocycles. The average molecular weight is 280 g/mol. The van der Waals surface area contributed by atoms with Crippen molar-refractivity contribution in [2.45, 2.75) is 31.0 Å². The van der Waals surface area contributed by atoms with Crippen LogP contribution in [0.3, 0.4) is 0 Å². The number of rotatable bonds is 5. The lowest BCUT2D eigenvalue weighted by molar-refractivity contribution is 0.0665. The van der Waals surface area contributed by atoms with Crippen LogP contribution in [0.4, 0.5) is 0 Å². The number of furan rings is 1. The van der Waals surface area contributed by atoms with E-state index >= 15 is 0 Å². The summed E-state index contributed by atoms with van der Waals surface area (Å²) in [6.07, 6.45) is -0.346. The maximum atomic E-state index is 10.8. The summed E-state index contributed by atoms with van der Waals surface area (Å²) in [7, 11) is 0. The second kappa shape index (κ2) is 5.67. The molecule has 0 radical (unpaired) electrons. The second-order valence-corrected chi connectivity index (χ2v) is 5.91. The number of hydrogen-bond acceptors (Lipinski definition) is 4. The maximum Gasteiger partial charge on any atom is 0.371 e.